The molecule has 4 fully saturated rings. The van der Waals surface area contributed by atoms with Gasteiger partial charge in [-0.15, -0.1) is 0 Å². The Morgan fingerprint density at radius 3 is 2.12 bits per heavy atom. The number of aryl methyl sites for hydroxylation is 1. The van der Waals surface area contributed by atoms with Crippen LogP contribution in [0.1, 0.15) is 54.7 Å². The van der Waals surface area contributed by atoms with Crippen molar-refractivity contribution in [1.82, 2.24) is 14.7 Å². The zero-order chi connectivity index (χ0) is 17.3. The van der Waals surface area contributed by atoms with Crippen molar-refractivity contribution in [2.45, 2.75) is 50.2 Å². The Bertz CT molecular complexity index is 644. The highest BCUT2D eigenvalue weighted by atomic mass is 19.4. The van der Waals surface area contributed by atoms with Crippen LogP contribution in [-0.2, 0) is 13.2 Å². The van der Waals surface area contributed by atoms with Crippen LogP contribution in [0.2, 0.25) is 0 Å². The van der Waals surface area contributed by atoms with E-state index < -0.39 is 11.9 Å². The fraction of sp³-hybridized carbons (Fsp3) is 0.765. The van der Waals surface area contributed by atoms with Crippen LogP contribution in [0.3, 0.4) is 0 Å². The molecule has 1 heterocycles. The lowest BCUT2D eigenvalue weighted by Crippen LogP contribution is -2.60. The summed E-state index contributed by atoms with van der Waals surface area (Å²) in [5, 5.41) is 3.83. The molecule has 0 atom stereocenters. The number of alkyl halides is 3. The van der Waals surface area contributed by atoms with Crippen molar-refractivity contribution in [3.8, 4) is 0 Å². The summed E-state index contributed by atoms with van der Waals surface area (Å²) in [6.45, 7) is 0. The maximum absolute atomic E-state index is 13.0. The molecule has 0 saturated heterocycles. The number of halogens is 3. The third kappa shape index (κ3) is 2.35. The fourth-order valence-electron chi connectivity index (χ4n) is 5.70. The molecule has 1 aromatic heterocycles. The third-order valence-corrected chi connectivity index (χ3v) is 6.41. The molecule has 4 nitrogen and oxygen atoms in total. The molecule has 5 rings (SSSR count). The summed E-state index contributed by atoms with van der Waals surface area (Å²) in [6, 6.07) is 0.874. The van der Waals surface area contributed by atoms with Gasteiger partial charge >= 0.3 is 6.18 Å². The average molecular weight is 341 g/mol. The number of aromatic nitrogens is 2. The molecule has 24 heavy (non-hydrogen) atoms. The summed E-state index contributed by atoms with van der Waals surface area (Å²) >= 11 is 0. The van der Waals surface area contributed by atoms with E-state index in [0.717, 1.165) is 30.0 Å². The fourth-order valence-corrected chi connectivity index (χ4v) is 5.70. The predicted octanol–water partition coefficient (Wildman–Crippen LogP) is 3.48. The van der Waals surface area contributed by atoms with Gasteiger partial charge in [0, 0.05) is 25.7 Å². The second-order valence-electron chi connectivity index (χ2n) is 8.04. The number of hydrogen-bond donors (Lipinski definition) is 0. The first-order chi connectivity index (χ1) is 11.2. The summed E-state index contributed by atoms with van der Waals surface area (Å²) in [5.74, 6) is 1.62. The second-order valence-corrected chi connectivity index (χ2v) is 8.04. The Morgan fingerprint density at radius 2 is 1.71 bits per heavy atom. The quantitative estimate of drug-likeness (QED) is 0.826. The van der Waals surface area contributed by atoms with E-state index in [0.29, 0.717) is 17.8 Å². The Morgan fingerprint density at radius 1 is 1.21 bits per heavy atom. The largest absolute Gasteiger partial charge is 0.433 e. The molecule has 0 spiro atoms. The van der Waals surface area contributed by atoms with Crippen molar-refractivity contribution in [2.24, 2.45) is 24.8 Å². The SMILES string of the molecule is CN(C(=O)c1cc(C(F)(F)F)n(C)n1)C12CC3CC(CC(C3)C1)C2. The van der Waals surface area contributed by atoms with E-state index in [1.165, 1.54) is 26.3 Å². The van der Waals surface area contributed by atoms with Crippen molar-refractivity contribution in [3.63, 3.8) is 0 Å². The molecule has 4 aliphatic rings. The standard InChI is InChI=1S/C17H22F3N3O/c1-22(15(24)13-6-14(17(18,19)20)23(2)21-13)16-7-10-3-11(8-16)5-12(4-10)9-16/h6,10-12H,3-5,7-9H2,1-2H3. The lowest BCUT2D eigenvalue weighted by Gasteiger charge is -2.59. The number of hydrogen-bond acceptors (Lipinski definition) is 2. The first-order valence-corrected chi connectivity index (χ1v) is 8.57. The molecule has 0 radical (unpaired) electrons. The first kappa shape index (κ1) is 16.0. The molecule has 0 unspecified atom stereocenters. The minimum absolute atomic E-state index is 0.108. The van der Waals surface area contributed by atoms with E-state index in [4.69, 9.17) is 0 Å². The van der Waals surface area contributed by atoms with Crippen molar-refractivity contribution in [2.75, 3.05) is 7.05 Å². The van der Waals surface area contributed by atoms with Crippen LogP contribution in [0.5, 0.6) is 0 Å². The average Bonchev–Trinajstić information content (AvgIpc) is 2.86. The van der Waals surface area contributed by atoms with E-state index in [2.05, 4.69) is 5.10 Å². The molecule has 4 bridgehead atoms. The van der Waals surface area contributed by atoms with Gasteiger partial charge < -0.3 is 4.90 Å². The molecule has 0 aromatic carbocycles. The van der Waals surface area contributed by atoms with Gasteiger partial charge in [-0.25, -0.2) is 0 Å². The molecule has 0 aliphatic heterocycles. The van der Waals surface area contributed by atoms with E-state index in [-0.39, 0.29) is 17.1 Å². The summed E-state index contributed by atoms with van der Waals surface area (Å²) in [5.41, 5.74) is -1.17. The minimum Gasteiger partial charge on any atom is -0.335 e. The van der Waals surface area contributed by atoms with Crippen LogP contribution in [0, 0.1) is 17.8 Å². The van der Waals surface area contributed by atoms with Gasteiger partial charge in [-0.05, 0) is 56.3 Å². The number of amides is 1. The highest BCUT2D eigenvalue weighted by molar-refractivity contribution is 5.92. The molecule has 1 aromatic rings. The van der Waals surface area contributed by atoms with E-state index >= 15 is 0 Å². The van der Waals surface area contributed by atoms with Gasteiger partial charge in [-0.1, -0.05) is 0 Å². The van der Waals surface area contributed by atoms with Crippen LogP contribution in [0.25, 0.3) is 0 Å². The molecule has 4 aliphatic carbocycles. The minimum atomic E-state index is -4.50. The van der Waals surface area contributed by atoms with Gasteiger partial charge in [0.1, 0.15) is 5.69 Å². The molecular weight excluding hydrogens is 319 g/mol. The van der Waals surface area contributed by atoms with Gasteiger partial charge in [0.2, 0.25) is 0 Å². The molecular formula is C17H22F3N3O. The monoisotopic (exact) mass is 341 g/mol. The third-order valence-electron chi connectivity index (χ3n) is 6.41. The van der Waals surface area contributed by atoms with Crippen molar-refractivity contribution < 1.29 is 18.0 Å². The zero-order valence-corrected chi connectivity index (χ0v) is 13.9. The maximum atomic E-state index is 13.0. The number of carbonyl (C=O) groups excluding carboxylic acids is 1. The first-order valence-electron chi connectivity index (χ1n) is 8.57. The zero-order valence-electron chi connectivity index (χ0n) is 13.9. The predicted molar refractivity (Wildman–Crippen MR) is 81.2 cm³/mol. The van der Waals surface area contributed by atoms with Gasteiger partial charge in [0.05, 0.1) is 0 Å². The van der Waals surface area contributed by atoms with Crippen LogP contribution >= 0.6 is 0 Å². The topological polar surface area (TPSA) is 38.1 Å². The van der Waals surface area contributed by atoms with Gasteiger partial charge in [0.15, 0.2) is 5.69 Å². The van der Waals surface area contributed by atoms with Crippen LogP contribution < -0.4 is 0 Å². The number of nitrogens with zero attached hydrogens (tertiary/aromatic N) is 3. The van der Waals surface area contributed by atoms with Gasteiger partial charge in [-0.3, -0.25) is 9.48 Å². The molecule has 7 heteroatoms. The van der Waals surface area contributed by atoms with Gasteiger partial charge in [-0.2, -0.15) is 18.3 Å². The van der Waals surface area contributed by atoms with E-state index in [1.807, 2.05) is 0 Å². The Balaban J connectivity index is 1.61. The Kier molecular flexibility index (Phi) is 3.32. The van der Waals surface area contributed by atoms with E-state index in [1.54, 1.807) is 11.9 Å². The van der Waals surface area contributed by atoms with Crippen LogP contribution in [0.15, 0.2) is 6.07 Å². The van der Waals surface area contributed by atoms with Crippen LogP contribution in [0.4, 0.5) is 13.2 Å². The second kappa shape index (κ2) is 4.99. The van der Waals surface area contributed by atoms with Gasteiger partial charge in [0.25, 0.3) is 5.91 Å². The lowest BCUT2D eigenvalue weighted by atomic mass is 9.52. The summed E-state index contributed by atoms with van der Waals surface area (Å²) in [7, 11) is 2.97. The molecule has 4 saturated carbocycles. The van der Waals surface area contributed by atoms with Crippen molar-refractivity contribution >= 4 is 5.91 Å². The van der Waals surface area contributed by atoms with Crippen molar-refractivity contribution in [1.29, 1.82) is 0 Å². The highest BCUT2D eigenvalue weighted by Crippen LogP contribution is 2.57. The maximum Gasteiger partial charge on any atom is 0.433 e. The highest BCUT2D eigenvalue weighted by Gasteiger charge is 2.54. The molecule has 132 valence electrons. The van der Waals surface area contributed by atoms with Crippen molar-refractivity contribution in [3.05, 3.63) is 17.5 Å². The normalized spacial score (nSPS) is 34.6. The van der Waals surface area contributed by atoms with E-state index in [9.17, 15) is 18.0 Å². The smallest absolute Gasteiger partial charge is 0.335 e. The number of rotatable bonds is 2. The number of carbonyl (C=O) groups is 1. The summed E-state index contributed by atoms with van der Waals surface area (Å²) < 4.78 is 39.6. The molecule has 1 amide bonds. The Hall–Kier alpha value is -1.53. The summed E-state index contributed by atoms with van der Waals surface area (Å²) in [6.07, 6.45) is 2.22. The van der Waals surface area contributed by atoms with Crippen LogP contribution in [-0.4, -0.2) is 33.2 Å². The Labute approximate surface area is 139 Å². The molecule has 0 N–H and O–H groups in total. The summed E-state index contributed by atoms with van der Waals surface area (Å²) in [4.78, 5) is 14.5. The lowest BCUT2D eigenvalue weighted by molar-refractivity contribution is -0.143.